The van der Waals surface area contributed by atoms with Crippen LogP contribution in [0.2, 0.25) is 0 Å². The largest absolute Gasteiger partial charge is 0.508 e. The molecule has 0 aromatic heterocycles. The van der Waals surface area contributed by atoms with E-state index in [4.69, 9.17) is 4.74 Å². The van der Waals surface area contributed by atoms with Gasteiger partial charge in [-0.25, -0.2) is 4.79 Å². The van der Waals surface area contributed by atoms with Crippen molar-refractivity contribution >= 4 is 29.7 Å². The normalized spacial score (nSPS) is 12.8. The Morgan fingerprint density at radius 1 is 1.05 bits per heavy atom. The van der Waals surface area contributed by atoms with Crippen LogP contribution in [0.1, 0.15) is 57.7 Å². The molecule has 0 heterocycles. The number of hydrogen-bond donors (Lipinski definition) is 3. The van der Waals surface area contributed by atoms with Crippen LogP contribution in [0, 0.1) is 0 Å². The molecule has 3 amide bonds. The van der Waals surface area contributed by atoms with Crippen LogP contribution in [-0.2, 0) is 20.9 Å². The first kappa shape index (κ1) is 30.0. The Morgan fingerprint density at radius 2 is 1.70 bits per heavy atom. The molecule has 0 aliphatic rings. The van der Waals surface area contributed by atoms with E-state index in [0.717, 1.165) is 5.56 Å². The predicted molar refractivity (Wildman–Crippen MR) is 147 cm³/mol. The maximum atomic E-state index is 13.9. The molecule has 0 radical (unpaired) electrons. The summed E-state index contributed by atoms with van der Waals surface area (Å²) in [4.78, 5) is 41.6. The summed E-state index contributed by atoms with van der Waals surface area (Å²) < 4.78 is 5.39. The summed E-state index contributed by atoms with van der Waals surface area (Å²) in [6.45, 7) is 7.68. The van der Waals surface area contributed by atoms with E-state index >= 15 is 0 Å². The molecule has 202 valence electrons. The molecule has 2 aromatic rings. The molecule has 0 aliphatic carbocycles. The number of carbonyl (C=O) groups is 3. The van der Waals surface area contributed by atoms with Gasteiger partial charge < -0.3 is 25.4 Å². The number of ether oxygens (including phenoxy) is 1. The van der Waals surface area contributed by atoms with E-state index in [1.165, 1.54) is 11.0 Å². The molecule has 2 rings (SSSR count). The van der Waals surface area contributed by atoms with Gasteiger partial charge in [-0.3, -0.25) is 9.59 Å². The van der Waals surface area contributed by atoms with Crippen LogP contribution in [0.15, 0.2) is 54.6 Å². The molecule has 8 nitrogen and oxygen atoms in total. The molecule has 2 atom stereocenters. The number of phenolic OH excluding ortho intramolecular Hbond substituents is 1. The molecule has 0 saturated heterocycles. The third-order valence-corrected chi connectivity index (χ3v) is 6.09. The van der Waals surface area contributed by atoms with Crippen LogP contribution < -0.4 is 10.6 Å². The van der Waals surface area contributed by atoms with Crippen molar-refractivity contribution in [2.45, 2.75) is 64.8 Å². The van der Waals surface area contributed by atoms with Gasteiger partial charge in [0.05, 0.1) is 0 Å². The lowest BCUT2D eigenvalue weighted by atomic mass is 10.0. The Kier molecular flexibility index (Phi) is 11.8. The summed E-state index contributed by atoms with van der Waals surface area (Å²) in [5.41, 5.74) is 0.496. The number of nitrogens with one attached hydrogen (secondary N) is 2. The van der Waals surface area contributed by atoms with E-state index in [1.807, 2.05) is 43.5 Å². The minimum Gasteiger partial charge on any atom is -0.508 e. The summed E-state index contributed by atoms with van der Waals surface area (Å²) in [6.07, 6.45) is 2.15. The zero-order valence-electron chi connectivity index (χ0n) is 22.3. The van der Waals surface area contributed by atoms with Gasteiger partial charge in [0.1, 0.15) is 23.4 Å². The van der Waals surface area contributed by atoms with Crippen LogP contribution >= 0.6 is 11.8 Å². The monoisotopic (exact) mass is 529 g/mol. The number of para-hydroxylation sites is 1. The number of benzene rings is 2. The van der Waals surface area contributed by atoms with Crippen molar-refractivity contribution in [2.24, 2.45) is 0 Å². The molecule has 3 N–H and O–H groups in total. The first-order valence-electron chi connectivity index (χ1n) is 12.5. The smallest absolute Gasteiger partial charge is 0.408 e. The Hall–Kier alpha value is -3.20. The lowest BCUT2D eigenvalue weighted by Crippen LogP contribution is -2.53. The molecule has 2 unspecified atom stereocenters. The second-order valence-electron chi connectivity index (χ2n) is 9.68. The lowest BCUT2D eigenvalue weighted by molar-refractivity contribution is -0.142. The van der Waals surface area contributed by atoms with Crippen molar-refractivity contribution in [2.75, 3.05) is 18.6 Å². The van der Waals surface area contributed by atoms with Crippen molar-refractivity contribution in [3.05, 3.63) is 65.7 Å². The van der Waals surface area contributed by atoms with Gasteiger partial charge in [-0.15, -0.1) is 0 Å². The van der Waals surface area contributed by atoms with Gasteiger partial charge in [-0.1, -0.05) is 55.5 Å². The highest BCUT2D eigenvalue weighted by atomic mass is 32.2. The summed E-state index contributed by atoms with van der Waals surface area (Å²) in [5.74, 6) is -0.303. The van der Waals surface area contributed by atoms with E-state index in [1.54, 1.807) is 50.7 Å². The van der Waals surface area contributed by atoms with E-state index < -0.39 is 35.6 Å². The van der Waals surface area contributed by atoms with E-state index in [9.17, 15) is 19.5 Å². The van der Waals surface area contributed by atoms with Crippen LogP contribution in [0.3, 0.4) is 0 Å². The molecular weight excluding hydrogens is 490 g/mol. The van der Waals surface area contributed by atoms with Crippen LogP contribution in [0.5, 0.6) is 5.75 Å². The van der Waals surface area contributed by atoms with Gasteiger partial charge in [0.25, 0.3) is 0 Å². The van der Waals surface area contributed by atoms with Crippen LogP contribution in [-0.4, -0.2) is 58.1 Å². The van der Waals surface area contributed by atoms with Crippen molar-refractivity contribution in [1.82, 2.24) is 15.5 Å². The number of hydrogen-bond acceptors (Lipinski definition) is 6. The van der Waals surface area contributed by atoms with Gasteiger partial charge in [0.15, 0.2) is 0 Å². The SMILES string of the molecule is CCCN(C(=O)C(CCSC)NC(=O)OC(C)(C)C)C(C(=O)NCc1ccccc1)c1ccccc1O. The molecular formula is C28H39N3O5S. The Morgan fingerprint density at radius 3 is 2.30 bits per heavy atom. The lowest BCUT2D eigenvalue weighted by Gasteiger charge is -2.34. The topological polar surface area (TPSA) is 108 Å². The number of thioether (sulfide) groups is 1. The highest BCUT2D eigenvalue weighted by Gasteiger charge is 2.36. The average Bonchev–Trinajstić information content (AvgIpc) is 2.85. The number of alkyl carbamates (subject to hydrolysis) is 1. The van der Waals surface area contributed by atoms with Gasteiger partial charge in [-0.2, -0.15) is 11.8 Å². The zero-order valence-corrected chi connectivity index (χ0v) is 23.1. The molecule has 0 aliphatic heterocycles. The number of aromatic hydroxyl groups is 1. The standard InChI is InChI=1S/C28H39N3O5S/c1-6-17-31(26(34)22(16-18-37-5)30-27(35)36-28(2,3)4)24(21-14-10-11-15-23(21)32)25(33)29-19-20-12-8-7-9-13-20/h7-15,22,24,32H,6,16-19H2,1-5H3,(H,29,33)(H,30,35). The maximum absolute atomic E-state index is 13.9. The van der Waals surface area contributed by atoms with Crippen LogP contribution in [0.4, 0.5) is 4.79 Å². The van der Waals surface area contributed by atoms with E-state index in [0.29, 0.717) is 24.2 Å². The quantitative estimate of drug-likeness (QED) is 0.370. The number of rotatable bonds is 12. The second-order valence-corrected chi connectivity index (χ2v) is 10.7. The minimum atomic E-state index is -1.09. The maximum Gasteiger partial charge on any atom is 0.408 e. The highest BCUT2D eigenvalue weighted by Crippen LogP contribution is 2.30. The first-order chi connectivity index (χ1) is 17.6. The summed E-state index contributed by atoms with van der Waals surface area (Å²) in [7, 11) is 0. The number of nitrogens with zero attached hydrogens (tertiary/aromatic N) is 1. The molecule has 0 fully saturated rings. The van der Waals surface area contributed by atoms with Gasteiger partial charge in [0.2, 0.25) is 11.8 Å². The molecule has 2 aromatic carbocycles. The first-order valence-corrected chi connectivity index (χ1v) is 13.8. The Balaban J connectivity index is 2.41. The van der Waals surface area contributed by atoms with Crippen LogP contribution in [0.25, 0.3) is 0 Å². The van der Waals surface area contributed by atoms with Gasteiger partial charge in [0, 0.05) is 18.7 Å². The summed E-state index contributed by atoms with van der Waals surface area (Å²) in [6, 6.07) is 14.0. The summed E-state index contributed by atoms with van der Waals surface area (Å²) in [5, 5.41) is 16.3. The van der Waals surface area contributed by atoms with E-state index in [2.05, 4.69) is 10.6 Å². The molecule has 0 spiro atoms. The third kappa shape index (κ3) is 9.64. The fourth-order valence-electron chi connectivity index (χ4n) is 3.80. The molecule has 0 bridgehead atoms. The second kappa shape index (κ2) is 14.5. The van der Waals surface area contributed by atoms with E-state index in [-0.39, 0.29) is 18.8 Å². The number of phenols is 1. The number of carbonyl (C=O) groups excluding carboxylic acids is 3. The van der Waals surface area contributed by atoms with Crippen molar-refractivity contribution in [1.29, 1.82) is 0 Å². The van der Waals surface area contributed by atoms with Crippen molar-refractivity contribution in [3.63, 3.8) is 0 Å². The molecule has 9 heteroatoms. The zero-order chi connectivity index (χ0) is 27.4. The number of amides is 3. The van der Waals surface area contributed by atoms with Crippen molar-refractivity contribution < 1.29 is 24.2 Å². The fourth-order valence-corrected chi connectivity index (χ4v) is 4.27. The Labute approximate surface area is 224 Å². The molecule has 0 saturated carbocycles. The molecule has 37 heavy (non-hydrogen) atoms. The highest BCUT2D eigenvalue weighted by molar-refractivity contribution is 7.98. The minimum absolute atomic E-state index is 0.0861. The Bertz CT molecular complexity index is 1030. The van der Waals surface area contributed by atoms with Gasteiger partial charge >= 0.3 is 6.09 Å². The predicted octanol–water partition coefficient (Wildman–Crippen LogP) is 4.63. The summed E-state index contributed by atoms with van der Waals surface area (Å²) >= 11 is 1.55. The van der Waals surface area contributed by atoms with Gasteiger partial charge in [-0.05, 0) is 57.3 Å². The fraction of sp³-hybridized carbons (Fsp3) is 0.464. The van der Waals surface area contributed by atoms with Crippen molar-refractivity contribution in [3.8, 4) is 5.75 Å². The average molecular weight is 530 g/mol. The third-order valence-electron chi connectivity index (χ3n) is 5.45.